The monoisotopic (exact) mass is 323 g/mol. The lowest BCUT2D eigenvalue weighted by Gasteiger charge is -2.19. The van der Waals surface area contributed by atoms with E-state index in [0.717, 1.165) is 5.56 Å². The maximum Gasteiger partial charge on any atom is 0.147 e. The second kappa shape index (κ2) is 6.93. The number of halogens is 2. The summed E-state index contributed by atoms with van der Waals surface area (Å²) in [4.78, 5) is 0. The zero-order chi connectivity index (χ0) is 14.6. The van der Waals surface area contributed by atoms with Crippen molar-refractivity contribution < 1.29 is 8.42 Å². The van der Waals surface area contributed by atoms with Crippen molar-refractivity contribution in [3.05, 3.63) is 33.8 Å². The highest BCUT2D eigenvalue weighted by molar-refractivity contribution is 7.90. The van der Waals surface area contributed by atoms with E-state index in [0.29, 0.717) is 16.6 Å². The van der Waals surface area contributed by atoms with Crippen molar-refractivity contribution in [2.45, 2.75) is 19.9 Å². The summed E-state index contributed by atoms with van der Waals surface area (Å²) in [6.45, 7) is 4.49. The van der Waals surface area contributed by atoms with Gasteiger partial charge in [-0.15, -0.1) is 0 Å². The summed E-state index contributed by atoms with van der Waals surface area (Å²) in [5.74, 6) is 0.228. The predicted molar refractivity (Wildman–Crippen MR) is 81.8 cm³/mol. The molecule has 0 amide bonds. The first-order valence-corrected chi connectivity index (χ1v) is 8.87. The Hall–Kier alpha value is -0.290. The highest BCUT2D eigenvalue weighted by Crippen LogP contribution is 2.29. The first kappa shape index (κ1) is 16.8. The molecule has 0 bridgehead atoms. The second-order valence-corrected chi connectivity index (χ2v) is 7.94. The third kappa shape index (κ3) is 5.69. The van der Waals surface area contributed by atoms with Crippen LogP contribution in [0.2, 0.25) is 10.0 Å². The summed E-state index contributed by atoms with van der Waals surface area (Å²) in [7, 11) is -2.94. The quantitative estimate of drug-likeness (QED) is 0.873. The second-order valence-electron chi connectivity index (χ2n) is 4.97. The van der Waals surface area contributed by atoms with E-state index in [2.05, 4.69) is 5.32 Å². The summed E-state index contributed by atoms with van der Waals surface area (Å²) in [5.41, 5.74) is 0.917. The van der Waals surface area contributed by atoms with E-state index in [1.54, 1.807) is 6.07 Å². The van der Waals surface area contributed by atoms with Crippen LogP contribution in [0.15, 0.2) is 18.2 Å². The van der Waals surface area contributed by atoms with Crippen LogP contribution in [-0.2, 0) is 9.84 Å². The lowest BCUT2D eigenvalue weighted by molar-refractivity contribution is 0.492. The van der Waals surface area contributed by atoms with E-state index < -0.39 is 9.84 Å². The Kier molecular flexibility index (Phi) is 6.12. The van der Waals surface area contributed by atoms with Crippen molar-refractivity contribution in [1.82, 2.24) is 5.32 Å². The fourth-order valence-corrected chi connectivity index (χ4v) is 3.54. The molecule has 0 saturated heterocycles. The Balaban J connectivity index is 2.61. The van der Waals surface area contributed by atoms with Crippen LogP contribution in [0.1, 0.15) is 25.5 Å². The van der Waals surface area contributed by atoms with Crippen LogP contribution in [0.3, 0.4) is 0 Å². The van der Waals surface area contributed by atoms with Gasteiger partial charge in [-0.05, 0) is 31.0 Å². The zero-order valence-electron chi connectivity index (χ0n) is 11.3. The number of sulfone groups is 1. The molecule has 3 nitrogen and oxygen atoms in total. The number of rotatable bonds is 6. The fraction of sp³-hybridized carbons (Fsp3) is 0.538. The zero-order valence-corrected chi connectivity index (χ0v) is 13.6. The van der Waals surface area contributed by atoms with Crippen LogP contribution < -0.4 is 5.32 Å². The van der Waals surface area contributed by atoms with Gasteiger partial charge >= 0.3 is 0 Å². The fourth-order valence-electron chi connectivity index (χ4n) is 1.92. The molecule has 108 valence electrons. The third-order valence-electron chi connectivity index (χ3n) is 2.81. The first-order valence-electron chi connectivity index (χ1n) is 6.05. The molecule has 1 N–H and O–H groups in total. The largest absolute Gasteiger partial charge is 0.310 e. The molecule has 1 rings (SSSR count). The Labute approximate surface area is 125 Å². The Morgan fingerprint density at radius 2 is 1.89 bits per heavy atom. The Morgan fingerprint density at radius 3 is 2.47 bits per heavy atom. The molecule has 0 radical (unpaired) electrons. The molecule has 0 fully saturated rings. The van der Waals surface area contributed by atoms with Gasteiger partial charge in [0.25, 0.3) is 0 Å². The van der Waals surface area contributed by atoms with Crippen molar-refractivity contribution in [2.24, 2.45) is 5.92 Å². The maximum atomic E-state index is 11.2. The molecular weight excluding hydrogens is 305 g/mol. The van der Waals surface area contributed by atoms with Gasteiger partial charge in [-0.1, -0.05) is 42.3 Å². The molecule has 0 aliphatic carbocycles. The van der Waals surface area contributed by atoms with E-state index in [-0.39, 0.29) is 17.7 Å². The van der Waals surface area contributed by atoms with Crippen molar-refractivity contribution in [2.75, 3.05) is 18.6 Å². The van der Waals surface area contributed by atoms with Gasteiger partial charge in [-0.25, -0.2) is 8.42 Å². The van der Waals surface area contributed by atoms with Crippen molar-refractivity contribution >= 4 is 33.0 Å². The normalized spacial score (nSPS) is 15.2. The van der Waals surface area contributed by atoms with Crippen molar-refractivity contribution in [1.29, 1.82) is 0 Å². The summed E-state index contributed by atoms with van der Waals surface area (Å²) >= 11 is 12.1. The minimum absolute atomic E-state index is 0.0215. The summed E-state index contributed by atoms with van der Waals surface area (Å²) in [5, 5.41) is 4.35. The van der Waals surface area contributed by atoms with E-state index in [1.807, 2.05) is 26.0 Å². The molecule has 1 aromatic rings. The predicted octanol–water partition coefficient (Wildman–Crippen LogP) is 3.32. The van der Waals surface area contributed by atoms with Gasteiger partial charge < -0.3 is 5.32 Å². The average Bonchev–Trinajstić information content (AvgIpc) is 2.27. The average molecular weight is 324 g/mol. The molecule has 1 aromatic carbocycles. The summed E-state index contributed by atoms with van der Waals surface area (Å²) < 4.78 is 22.4. The molecular formula is C13H19Cl2NO2S. The molecule has 0 aromatic heterocycles. The Morgan fingerprint density at radius 1 is 1.26 bits per heavy atom. The van der Waals surface area contributed by atoms with Crippen molar-refractivity contribution in [3.8, 4) is 0 Å². The topological polar surface area (TPSA) is 46.2 Å². The van der Waals surface area contributed by atoms with Crippen LogP contribution in [0, 0.1) is 5.92 Å². The molecule has 0 aliphatic heterocycles. The Bertz CT molecular complexity index is 531. The SMILES string of the molecule is CC(CNC(C)c1cccc(Cl)c1Cl)CS(C)(=O)=O. The molecule has 19 heavy (non-hydrogen) atoms. The molecule has 2 unspecified atom stereocenters. The highest BCUT2D eigenvalue weighted by Gasteiger charge is 2.14. The highest BCUT2D eigenvalue weighted by atomic mass is 35.5. The number of benzene rings is 1. The standard InChI is InChI=1S/C13H19Cl2NO2S/c1-9(8-19(3,17)18)7-16-10(2)11-5-4-6-12(14)13(11)15/h4-6,9-10,16H,7-8H2,1-3H3. The number of hydrogen-bond donors (Lipinski definition) is 1. The van der Waals surface area contributed by atoms with Crippen LogP contribution in [0.4, 0.5) is 0 Å². The minimum Gasteiger partial charge on any atom is -0.310 e. The molecule has 0 spiro atoms. The van der Waals surface area contributed by atoms with Gasteiger partial charge in [0.05, 0.1) is 15.8 Å². The van der Waals surface area contributed by atoms with Gasteiger partial charge in [-0.3, -0.25) is 0 Å². The lowest BCUT2D eigenvalue weighted by atomic mass is 10.1. The third-order valence-corrected chi connectivity index (χ3v) is 4.82. The van der Waals surface area contributed by atoms with E-state index in [4.69, 9.17) is 23.2 Å². The smallest absolute Gasteiger partial charge is 0.147 e. The van der Waals surface area contributed by atoms with Crippen LogP contribution in [0.5, 0.6) is 0 Å². The number of nitrogens with one attached hydrogen (secondary N) is 1. The summed E-state index contributed by atoms with van der Waals surface area (Å²) in [6.07, 6.45) is 1.25. The first-order chi connectivity index (χ1) is 8.70. The van der Waals surface area contributed by atoms with E-state index in [9.17, 15) is 8.42 Å². The van der Waals surface area contributed by atoms with Gasteiger partial charge in [-0.2, -0.15) is 0 Å². The lowest BCUT2D eigenvalue weighted by Crippen LogP contribution is -2.28. The van der Waals surface area contributed by atoms with E-state index >= 15 is 0 Å². The maximum absolute atomic E-state index is 11.2. The minimum atomic E-state index is -2.94. The van der Waals surface area contributed by atoms with Gasteiger partial charge in [0.1, 0.15) is 9.84 Å². The van der Waals surface area contributed by atoms with Crippen LogP contribution >= 0.6 is 23.2 Å². The van der Waals surface area contributed by atoms with Gasteiger partial charge in [0.2, 0.25) is 0 Å². The van der Waals surface area contributed by atoms with Gasteiger partial charge in [0.15, 0.2) is 0 Å². The molecule has 2 atom stereocenters. The summed E-state index contributed by atoms with van der Waals surface area (Å²) in [6, 6.07) is 5.52. The molecule has 6 heteroatoms. The van der Waals surface area contributed by atoms with Crippen LogP contribution in [0.25, 0.3) is 0 Å². The molecule has 0 heterocycles. The van der Waals surface area contributed by atoms with Gasteiger partial charge in [0, 0.05) is 12.3 Å². The van der Waals surface area contributed by atoms with Crippen molar-refractivity contribution in [3.63, 3.8) is 0 Å². The molecule has 0 aliphatic rings. The molecule has 0 saturated carbocycles. The number of hydrogen-bond acceptors (Lipinski definition) is 3. The van der Waals surface area contributed by atoms with Crippen LogP contribution in [-0.4, -0.2) is 27.0 Å². The van der Waals surface area contributed by atoms with E-state index in [1.165, 1.54) is 6.26 Å².